The summed E-state index contributed by atoms with van der Waals surface area (Å²) < 4.78 is 24.5. The molecule has 13 nitrogen and oxygen atoms in total. The number of alkyl halides is 1. The van der Waals surface area contributed by atoms with Crippen molar-refractivity contribution in [1.82, 2.24) is 19.6 Å². The molecule has 0 spiro atoms. The average Bonchev–Trinajstić information content (AvgIpc) is 3.27. The number of hydrogen-bond acceptors (Lipinski definition) is 12. The molecule has 0 aromatic heterocycles. The zero-order chi connectivity index (χ0) is 52.3. The Labute approximate surface area is 447 Å². The summed E-state index contributed by atoms with van der Waals surface area (Å²) >= 11 is 5.38. The number of halogens is 2. The maximum absolute atomic E-state index is 9.54. The highest BCUT2D eigenvalue weighted by molar-refractivity contribution is 6.17. The molecule has 0 radical (unpaired) electrons. The summed E-state index contributed by atoms with van der Waals surface area (Å²) in [5.74, 6) is 5.33. The van der Waals surface area contributed by atoms with Crippen molar-refractivity contribution < 1.29 is 56.7 Å². The first-order chi connectivity index (χ1) is 33.1. The molecule has 0 fully saturated rings. The van der Waals surface area contributed by atoms with Crippen LogP contribution in [-0.4, -0.2) is 176 Å². The third-order valence-corrected chi connectivity index (χ3v) is 12.2. The van der Waals surface area contributed by atoms with Crippen LogP contribution in [0.1, 0.15) is 57.4 Å². The molecule has 0 aliphatic rings. The van der Waals surface area contributed by atoms with E-state index in [0.717, 1.165) is 98.4 Å². The summed E-state index contributed by atoms with van der Waals surface area (Å²) in [5, 5.41) is 37.8. The van der Waals surface area contributed by atoms with Gasteiger partial charge in [0.1, 0.15) is 26.4 Å². The molecule has 4 atom stereocenters. The third-order valence-electron chi connectivity index (χ3n) is 12.0. The quantitative estimate of drug-likeness (QED) is 0.0384. The molecule has 0 unspecified atom stereocenters. The van der Waals surface area contributed by atoms with Crippen molar-refractivity contribution in [2.75, 3.05) is 136 Å². The van der Waals surface area contributed by atoms with Crippen LogP contribution in [0.25, 0.3) is 0 Å². The fourth-order valence-electron chi connectivity index (χ4n) is 7.05. The fourth-order valence-corrected chi connectivity index (χ4v) is 7.43. The highest BCUT2D eigenvalue weighted by Gasteiger charge is 2.19. The summed E-state index contributed by atoms with van der Waals surface area (Å²) in [6, 6.07) is 22.6. The summed E-state index contributed by atoms with van der Waals surface area (Å²) in [7, 11) is 20.6. The van der Waals surface area contributed by atoms with Crippen molar-refractivity contribution in [3.63, 3.8) is 0 Å². The fraction of sp³-hybridized carbons (Fsp3) is 0.579. The van der Waals surface area contributed by atoms with Crippen molar-refractivity contribution >= 4 is 11.6 Å². The number of nitrogens with one attached hydrogen (secondary N) is 1. The van der Waals surface area contributed by atoms with E-state index in [1.54, 1.807) is 12.1 Å². The van der Waals surface area contributed by atoms with Gasteiger partial charge >= 0.3 is 0 Å². The number of hydrogen-bond donors (Lipinski definition) is 5. The third kappa shape index (κ3) is 28.2. The Balaban J connectivity index is 0.00000140. The molecule has 0 heterocycles. The number of rotatable bonds is 28. The molecule has 4 aromatic carbocycles. The smallest absolute Gasteiger partial charge is 0.161 e. The van der Waals surface area contributed by atoms with Gasteiger partial charge in [0.2, 0.25) is 0 Å². The van der Waals surface area contributed by atoms with E-state index in [1.165, 1.54) is 28.2 Å². The predicted molar refractivity (Wildman–Crippen MR) is 295 cm³/mol. The van der Waals surface area contributed by atoms with Gasteiger partial charge in [-0.3, -0.25) is 0 Å². The van der Waals surface area contributed by atoms with Crippen LogP contribution in [-0.2, 0) is 25.7 Å². The SMILES string of the molecule is C.C[C@H](Cc1ccc(O)c(O)c1)[C@@H](C)Cc1ccc(O)c(O)c1.C[C@H](Cc1ccc(OCCN(C)C)c(OCCN(C)C)c1)[C@@H](C)Cc1ccc(OCCN(C)C)c(OCCN(C)C)c1.C[NH+](C)CCCl.[Cl-]. The molecule has 0 aliphatic heterocycles. The first-order valence-electron chi connectivity index (χ1n) is 24.8. The van der Waals surface area contributed by atoms with Gasteiger partial charge in [-0.15, -0.1) is 11.6 Å². The van der Waals surface area contributed by atoms with Crippen molar-refractivity contribution in [2.45, 2.75) is 60.8 Å². The Hall–Kier alpha value is -4.34. The summed E-state index contributed by atoms with van der Waals surface area (Å²) in [6.07, 6.45) is 3.53. The lowest BCUT2D eigenvalue weighted by atomic mass is 9.85. The number of aromatic hydroxyl groups is 4. The lowest BCUT2D eigenvalue weighted by Crippen LogP contribution is -3.06. The Morgan fingerprint density at radius 3 is 0.931 bits per heavy atom. The van der Waals surface area contributed by atoms with Crippen molar-refractivity contribution in [3.05, 3.63) is 95.1 Å². The van der Waals surface area contributed by atoms with Crippen molar-refractivity contribution in [2.24, 2.45) is 23.7 Å². The van der Waals surface area contributed by atoms with E-state index in [0.29, 0.717) is 50.1 Å². The number of phenols is 4. The zero-order valence-corrected chi connectivity index (χ0v) is 47.1. The van der Waals surface area contributed by atoms with Crippen LogP contribution >= 0.6 is 11.6 Å². The molecular formula is C57H95Cl2N5O8. The van der Waals surface area contributed by atoms with Gasteiger partial charge in [0.25, 0.3) is 0 Å². The van der Waals surface area contributed by atoms with Gasteiger partial charge in [-0.2, -0.15) is 0 Å². The minimum Gasteiger partial charge on any atom is -1.00 e. The van der Waals surface area contributed by atoms with E-state index in [1.807, 2.05) is 12.1 Å². The van der Waals surface area contributed by atoms with Crippen molar-refractivity contribution in [1.29, 1.82) is 0 Å². The molecule has 15 heteroatoms. The largest absolute Gasteiger partial charge is 1.00 e. The number of likely N-dealkylation sites (N-methyl/N-ethyl adjacent to an activating group) is 4. The first-order valence-corrected chi connectivity index (χ1v) is 25.3. The second kappa shape index (κ2) is 36.6. The van der Waals surface area contributed by atoms with Crippen LogP contribution in [0.2, 0.25) is 0 Å². The Morgan fingerprint density at radius 1 is 0.431 bits per heavy atom. The number of phenolic OH excluding ortho intramolecular Hbond substituents is 4. The van der Waals surface area contributed by atoms with Gasteiger partial charge in [-0.25, -0.2) is 0 Å². The topological polar surface area (TPSA) is 135 Å². The average molecular weight is 1050 g/mol. The number of quaternary nitrogens is 1. The van der Waals surface area contributed by atoms with E-state index in [-0.39, 0.29) is 42.8 Å². The van der Waals surface area contributed by atoms with Crippen LogP contribution in [0.15, 0.2) is 72.8 Å². The normalized spacial score (nSPS) is 12.7. The molecule has 0 saturated heterocycles. The summed E-state index contributed by atoms with van der Waals surface area (Å²) in [5.41, 5.74) is 4.49. The summed E-state index contributed by atoms with van der Waals surface area (Å²) in [6.45, 7) is 15.9. The van der Waals surface area contributed by atoms with Crippen LogP contribution in [0.5, 0.6) is 46.0 Å². The van der Waals surface area contributed by atoms with Crippen LogP contribution in [0.4, 0.5) is 0 Å². The molecule has 0 saturated carbocycles. The van der Waals surface area contributed by atoms with Gasteiger partial charge in [0, 0.05) is 26.2 Å². The monoisotopic (exact) mass is 1050 g/mol. The lowest BCUT2D eigenvalue weighted by Gasteiger charge is -2.22. The molecular weight excluding hydrogens is 954 g/mol. The van der Waals surface area contributed by atoms with E-state index in [9.17, 15) is 20.4 Å². The molecule has 0 bridgehead atoms. The second-order valence-corrected chi connectivity index (χ2v) is 20.6. The first kappa shape index (κ1) is 67.7. The number of ether oxygens (including phenoxy) is 4. The number of benzene rings is 4. The highest BCUT2D eigenvalue weighted by Crippen LogP contribution is 2.34. The highest BCUT2D eigenvalue weighted by atomic mass is 35.5. The molecule has 0 aliphatic carbocycles. The molecule has 410 valence electrons. The predicted octanol–water partition coefficient (Wildman–Crippen LogP) is 5.08. The molecule has 4 aromatic rings. The van der Waals surface area contributed by atoms with Crippen LogP contribution in [0.3, 0.4) is 0 Å². The lowest BCUT2D eigenvalue weighted by molar-refractivity contribution is -0.855. The van der Waals surface area contributed by atoms with Crippen LogP contribution in [0, 0.1) is 23.7 Å². The molecule has 4 rings (SSSR count). The second-order valence-electron chi connectivity index (χ2n) is 20.2. The standard InChI is InChI=1S/C34H58N4O4.C18H22O4.C4H10ClN.CH4.ClH/c1-27(23-29-11-13-31(39-19-15-35(3)4)33(25-29)41-21-17-37(7)8)28(2)24-30-12-14-32(40-20-16-36(5)6)34(26-30)42-22-18-38(9)10;1-11(7-13-3-5-15(19)17(21)9-13)12(2)8-14-4-6-16(20)18(22)10-14;1-6(2)4-3-5;;/h11-14,25-28H,15-24H2,1-10H3;3-6,9-12,19-22H,7-8H2,1-2H3;3-4H2,1-2H3;1H4;1H/t27-,28+;11-,12+;;;. The zero-order valence-electron chi connectivity index (χ0n) is 45.6. The Bertz CT molecular complexity index is 1920. The van der Waals surface area contributed by atoms with E-state index < -0.39 is 0 Å². The Morgan fingerprint density at radius 2 is 0.694 bits per heavy atom. The minimum absolute atomic E-state index is 0. The molecule has 72 heavy (non-hydrogen) atoms. The summed E-state index contributed by atoms with van der Waals surface area (Å²) in [4.78, 5) is 9.90. The van der Waals surface area contributed by atoms with Gasteiger partial charge in [-0.05, 0) is 177 Å². The van der Waals surface area contributed by atoms with Gasteiger partial charge < -0.3 is 76.3 Å². The van der Waals surface area contributed by atoms with Gasteiger partial charge in [0.15, 0.2) is 46.0 Å². The Kier molecular flexibility index (Phi) is 34.4. The minimum atomic E-state index is -0.107. The maximum atomic E-state index is 9.54. The number of nitrogens with zero attached hydrogens (tertiary/aromatic N) is 4. The van der Waals surface area contributed by atoms with E-state index in [2.05, 4.69) is 154 Å². The van der Waals surface area contributed by atoms with Crippen LogP contribution < -0.4 is 36.3 Å². The van der Waals surface area contributed by atoms with E-state index >= 15 is 0 Å². The molecule has 0 amide bonds. The van der Waals surface area contributed by atoms with Gasteiger partial charge in [-0.1, -0.05) is 59.4 Å². The van der Waals surface area contributed by atoms with Crippen molar-refractivity contribution in [3.8, 4) is 46.0 Å². The maximum Gasteiger partial charge on any atom is 0.161 e. The molecule has 5 N–H and O–H groups in total. The van der Waals surface area contributed by atoms with Gasteiger partial charge in [0.05, 0.1) is 26.5 Å². The van der Waals surface area contributed by atoms with E-state index in [4.69, 9.17) is 30.5 Å².